The van der Waals surface area contributed by atoms with Crippen molar-refractivity contribution in [2.45, 2.75) is 12.8 Å². The number of alkyl halides is 1. The Hall–Kier alpha value is -1.68. The first kappa shape index (κ1) is 10.8. The van der Waals surface area contributed by atoms with E-state index >= 15 is 0 Å². The molecule has 0 unspecified atom stereocenters. The summed E-state index contributed by atoms with van der Waals surface area (Å²) >= 11 is 5.61. The Bertz CT molecular complexity index is 473. The molecule has 0 atom stereocenters. The van der Waals surface area contributed by atoms with Gasteiger partial charge in [0.1, 0.15) is 0 Å². The number of aryl methyl sites for hydroxylation is 1. The number of nitrogens with zero attached hydrogens (tertiary/aromatic N) is 3. The molecule has 0 spiro atoms. The van der Waals surface area contributed by atoms with E-state index in [-0.39, 0.29) is 0 Å². The van der Waals surface area contributed by atoms with Crippen molar-refractivity contribution in [1.29, 1.82) is 0 Å². The van der Waals surface area contributed by atoms with Crippen LogP contribution in [0, 0.1) is 6.92 Å². The predicted octanol–water partition coefficient (Wildman–Crippen LogP) is 2.71. The highest BCUT2D eigenvalue weighted by Crippen LogP contribution is 2.20. The van der Waals surface area contributed by atoms with E-state index in [1.54, 1.807) is 18.6 Å². The van der Waals surface area contributed by atoms with Crippen molar-refractivity contribution in [2.24, 2.45) is 0 Å². The third kappa shape index (κ3) is 2.46. The predicted molar refractivity (Wildman–Crippen MR) is 60.6 cm³/mol. The van der Waals surface area contributed by atoms with E-state index in [1.807, 2.05) is 19.1 Å². The molecule has 0 aliphatic rings. The lowest BCUT2D eigenvalue weighted by molar-refractivity contribution is 0.453. The third-order valence-electron chi connectivity index (χ3n) is 1.99. The summed E-state index contributed by atoms with van der Waals surface area (Å²) in [7, 11) is 0. The van der Waals surface area contributed by atoms with E-state index in [0.29, 0.717) is 17.5 Å². The van der Waals surface area contributed by atoms with E-state index in [0.717, 1.165) is 11.4 Å². The summed E-state index contributed by atoms with van der Waals surface area (Å²) in [4.78, 5) is 12.3. The maximum absolute atomic E-state index is 5.61. The van der Waals surface area contributed by atoms with E-state index < -0.39 is 0 Å². The molecule has 0 radical (unpaired) electrons. The molecule has 2 heterocycles. The molecule has 0 amide bonds. The summed E-state index contributed by atoms with van der Waals surface area (Å²) in [5, 5.41) is 0. The smallest absolute Gasteiger partial charge is 0.237 e. The van der Waals surface area contributed by atoms with Crippen LogP contribution in [-0.2, 0) is 5.88 Å². The largest absolute Gasteiger partial charge is 0.436 e. The van der Waals surface area contributed by atoms with Crippen molar-refractivity contribution >= 4 is 11.6 Å². The van der Waals surface area contributed by atoms with Crippen LogP contribution < -0.4 is 4.74 Å². The second-order valence-corrected chi connectivity index (χ2v) is 3.44. The van der Waals surface area contributed by atoms with Crippen molar-refractivity contribution in [3.63, 3.8) is 0 Å². The minimum atomic E-state index is 0.346. The van der Waals surface area contributed by atoms with Crippen LogP contribution in [0.25, 0.3) is 0 Å². The van der Waals surface area contributed by atoms with E-state index in [2.05, 4.69) is 15.0 Å². The molecule has 16 heavy (non-hydrogen) atoms. The van der Waals surface area contributed by atoms with Gasteiger partial charge in [-0.2, -0.15) is 0 Å². The van der Waals surface area contributed by atoms with Crippen LogP contribution in [0.4, 0.5) is 0 Å². The topological polar surface area (TPSA) is 47.9 Å². The average molecular weight is 236 g/mol. The highest BCUT2D eigenvalue weighted by molar-refractivity contribution is 6.16. The van der Waals surface area contributed by atoms with Crippen molar-refractivity contribution in [2.75, 3.05) is 0 Å². The zero-order valence-corrected chi connectivity index (χ0v) is 9.48. The standard InChI is InChI=1S/C11H10ClN3O/c1-8-10(3-2-4-13-8)16-11-7-14-9(5-12)6-15-11/h2-4,6-7H,5H2,1H3. The summed E-state index contributed by atoms with van der Waals surface area (Å²) in [6.45, 7) is 1.87. The summed E-state index contributed by atoms with van der Waals surface area (Å²) in [6, 6.07) is 3.64. The number of hydrogen-bond donors (Lipinski definition) is 0. The van der Waals surface area contributed by atoms with Gasteiger partial charge >= 0.3 is 0 Å². The molecule has 0 fully saturated rings. The van der Waals surface area contributed by atoms with Crippen molar-refractivity contribution < 1.29 is 4.74 Å². The molecular formula is C11H10ClN3O. The first-order valence-electron chi connectivity index (χ1n) is 4.76. The van der Waals surface area contributed by atoms with E-state index in [9.17, 15) is 0 Å². The van der Waals surface area contributed by atoms with Crippen LogP contribution in [0.3, 0.4) is 0 Å². The Labute approximate surface area is 98.3 Å². The molecule has 2 rings (SSSR count). The molecule has 0 saturated carbocycles. The summed E-state index contributed by atoms with van der Waals surface area (Å²) in [5.41, 5.74) is 1.53. The molecule has 0 saturated heterocycles. The van der Waals surface area contributed by atoms with Crippen LogP contribution in [-0.4, -0.2) is 15.0 Å². The number of aromatic nitrogens is 3. The van der Waals surface area contributed by atoms with Crippen molar-refractivity contribution in [3.8, 4) is 11.6 Å². The minimum Gasteiger partial charge on any atom is -0.436 e. The van der Waals surface area contributed by atoms with Gasteiger partial charge in [-0.25, -0.2) is 4.98 Å². The van der Waals surface area contributed by atoms with Crippen LogP contribution in [0.15, 0.2) is 30.7 Å². The summed E-state index contributed by atoms with van der Waals surface area (Å²) < 4.78 is 5.53. The van der Waals surface area contributed by atoms with Gasteiger partial charge in [-0.15, -0.1) is 11.6 Å². The molecule has 82 valence electrons. The highest BCUT2D eigenvalue weighted by atomic mass is 35.5. The lowest BCUT2D eigenvalue weighted by atomic mass is 10.3. The highest BCUT2D eigenvalue weighted by Gasteiger charge is 2.02. The van der Waals surface area contributed by atoms with E-state index in [1.165, 1.54) is 0 Å². The number of ether oxygens (including phenoxy) is 1. The molecule has 0 aromatic carbocycles. The third-order valence-corrected chi connectivity index (χ3v) is 2.27. The van der Waals surface area contributed by atoms with Crippen LogP contribution in [0.1, 0.15) is 11.4 Å². The normalized spacial score (nSPS) is 10.1. The fourth-order valence-electron chi connectivity index (χ4n) is 1.15. The molecular weight excluding hydrogens is 226 g/mol. The fraction of sp³-hybridized carbons (Fsp3) is 0.182. The van der Waals surface area contributed by atoms with Gasteiger partial charge in [0.15, 0.2) is 5.75 Å². The van der Waals surface area contributed by atoms with Gasteiger partial charge in [0.05, 0.1) is 29.7 Å². The average Bonchev–Trinajstić information content (AvgIpc) is 2.33. The molecule has 0 aliphatic carbocycles. The monoisotopic (exact) mass is 235 g/mol. The Morgan fingerprint density at radius 3 is 2.75 bits per heavy atom. The Morgan fingerprint density at radius 2 is 2.12 bits per heavy atom. The summed E-state index contributed by atoms with van der Waals surface area (Å²) in [6.07, 6.45) is 4.85. The van der Waals surface area contributed by atoms with Crippen molar-refractivity contribution in [3.05, 3.63) is 42.1 Å². The fourth-order valence-corrected chi connectivity index (χ4v) is 1.29. The lowest BCUT2D eigenvalue weighted by Crippen LogP contribution is -1.94. The Kier molecular flexibility index (Phi) is 3.31. The van der Waals surface area contributed by atoms with Gasteiger partial charge in [-0.05, 0) is 19.1 Å². The van der Waals surface area contributed by atoms with Gasteiger partial charge in [0.2, 0.25) is 5.88 Å². The molecule has 0 N–H and O–H groups in total. The second kappa shape index (κ2) is 4.90. The number of rotatable bonds is 3. The maximum atomic E-state index is 5.61. The maximum Gasteiger partial charge on any atom is 0.237 e. The first-order chi connectivity index (χ1) is 7.79. The second-order valence-electron chi connectivity index (χ2n) is 3.17. The van der Waals surface area contributed by atoms with Gasteiger partial charge in [-0.3, -0.25) is 9.97 Å². The van der Waals surface area contributed by atoms with Crippen LogP contribution in [0.2, 0.25) is 0 Å². The van der Waals surface area contributed by atoms with Crippen LogP contribution >= 0.6 is 11.6 Å². The zero-order chi connectivity index (χ0) is 11.4. The molecule has 0 aliphatic heterocycles. The Morgan fingerprint density at radius 1 is 1.25 bits per heavy atom. The molecule has 5 heteroatoms. The van der Waals surface area contributed by atoms with Gasteiger partial charge in [-0.1, -0.05) is 0 Å². The van der Waals surface area contributed by atoms with Crippen molar-refractivity contribution in [1.82, 2.24) is 15.0 Å². The minimum absolute atomic E-state index is 0.346. The Balaban J connectivity index is 2.18. The molecule has 4 nitrogen and oxygen atoms in total. The van der Waals surface area contributed by atoms with E-state index in [4.69, 9.17) is 16.3 Å². The van der Waals surface area contributed by atoms with Crippen LogP contribution in [0.5, 0.6) is 11.6 Å². The zero-order valence-electron chi connectivity index (χ0n) is 8.72. The quantitative estimate of drug-likeness (QED) is 0.768. The van der Waals surface area contributed by atoms with Gasteiger partial charge in [0.25, 0.3) is 0 Å². The van der Waals surface area contributed by atoms with Gasteiger partial charge in [0, 0.05) is 6.20 Å². The molecule has 2 aromatic rings. The lowest BCUT2D eigenvalue weighted by Gasteiger charge is -2.06. The van der Waals surface area contributed by atoms with Gasteiger partial charge < -0.3 is 4.74 Å². The first-order valence-corrected chi connectivity index (χ1v) is 5.29. The number of pyridine rings is 1. The number of halogens is 1. The molecule has 2 aromatic heterocycles. The summed E-state index contributed by atoms with van der Waals surface area (Å²) in [5.74, 6) is 1.46. The SMILES string of the molecule is Cc1ncccc1Oc1cnc(CCl)cn1. The number of hydrogen-bond acceptors (Lipinski definition) is 4. The molecule has 0 bridgehead atoms.